The van der Waals surface area contributed by atoms with Crippen LogP contribution in [0, 0.1) is 11.8 Å². The number of aliphatic hydroxyl groups is 1. The number of hydrogen-bond acceptors (Lipinski definition) is 4. The molecule has 1 aliphatic rings. The van der Waals surface area contributed by atoms with Gasteiger partial charge in [0.25, 0.3) is 0 Å². The van der Waals surface area contributed by atoms with Gasteiger partial charge >= 0.3 is 5.97 Å². The van der Waals surface area contributed by atoms with E-state index < -0.39 is 5.60 Å². The fourth-order valence-electron chi connectivity index (χ4n) is 3.11. The van der Waals surface area contributed by atoms with Crippen molar-refractivity contribution in [1.29, 1.82) is 0 Å². The molecule has 4 heteroatoms. The molecular weight excluding hydrogens is 266 g/mol. The van der Waals surface area contributed by atoms with E-state index in [9.17, 15) is 9.90 Å². The molecular formula is C17H33NO3. The van der Waals surface area contributed by atoms with Crippen molar-refractivity contribution < 1.29 is 14.6 Å². The number of ether oxygens (including phenoxy) is 1. The summed E-state index contributed by atoms with van der Waals surface area (Å²) in [6.45, 7) is 12.7. The summed E-state index contributed by atoms with van der Waals surface area (Å²) in [6.07, 6.45) is 2.86. The minimum atomic E-state index is -0.651. The summed E-state index contributed by atoms with van der Waals surface area (Å²) in [5.74, 6) is 0.470. The number of esters is 1. The quantitative estimate of drug-likeness (QED) is 0.734. The van der Waals surface area contributed by atoms with E-state index in [0.29, 0.717) is 38.0 Å². The van der Waals surface area contributed by atoms with Crippen molar-refractivity contribution in [2.45, 2.75) is 71.9 Å². The summed E-state index contributed by atoms with van der Waals surface area (Å²) in [5, 5.41) is 10.8. The smallest absolute Gasteiger partial charge is 0.308 e. The van der Waals surface area contributed by atoms with Crippen LogP contribution in [0.4, 0.5) is 0 Å². The lowest BCUT2D eigenvalue weighted by molar-refractivity contribution is -0.151. The molecule has 21 heavy (non-hydrogen) atoms. The molecule has 0 spiro atoms. The van der Waals surface area contributed by atoms with E-state index in [4.69, 9.17) is 4.74 Å². The molecule has 124 valence electrons. The van der Waals surface area contributed by atoms with Crippen LogP contribution in [-0.2, 0) is 9.53 Å². The van der Waals surface area contributed by atoms with Crippen LogP contribution in [0.2, 0.25) is 0 Å². The summed E-state index contributed by atoms with van der Waals surface area (Å²) in [6, 6.07) is 0.430. The second-order valence-corrected chi connectivity index (χ2v) is 7.17. The van der Waals surface area contributed by atoms with Gasteiger partial charge in [0, 0.05) is 19.1 Å². The van der Waals surface area contributed by atoms with Crippen LogP contribution in [0.1, 0.15) is 60.3 Å². The Hall–Kier alpha value is -0.610. The Bertz CT molecular complexity index is 320. The normalized spacial score (nSPS) is 26.6. The minimum absolute atomic E-state index is 0.0252. The molecule has 0 aliphatic heterocycles. The van der Waals surface area contributed by atoms with E-state index >= 15 is 0 Å². The van der Waals surface area contributed by atoms with Gasteiger partial charge in [0.05, 0.1) is 18.1 Å². The Morgan fingerprint density at radius 3 is 2.29 bits per heavy atom. The van der Waals surface area contributed by atoms with Crippen LogP contribution in [-0.4, -0.2) is 47.3 Å². The van der Waals surface area contributed by atoms with Gasteiger partial charge < -0.3 is 9.84 Å². The first kappa shape index (κ1) is 18.4. The van der Waals surface area contributed by atoms with Gasteiger partial charge in [-0.3, -0.25) is 9.69 Å². The van der Waals surface area contributed by atoms with E-state index in [1.807, 2.05) is 6.92 Å². The fourth-order valence-corrected chi connectivity index (χ4v) is 3.11. The second kappa shape index (κ2) is 8.14. The molecule has 0 heterocycles. The predicted molar refractivity (Wildman–Crippen MR) is 85.1 cm³/mol. The number of rotatable bonds is 7. The summed E-state index contributed by atoms with van der Waals surface area (Å²) >= 11 is 0. The summed E-state index contributed by atoms with van der Waals surface area (Å²) in [7, 11) is 0. The first-order valence-electron chi connectivity index (χ1n) is 8.40. The molecule has 0 atom stereocenters. The molecule has 4 nitrogen and oxygen atoms in total. The van der Waals surface area contributed by atoms with Gasteiger partial charge in [-0.2, -0.15) is 0 Å². The van der Waals surface area contributed by atoms with E-state index in [-0.39, 0.29) is 11.9 Å². The van der Waals surface area contributed by atoms with Gasteiger partial charge in [-0.05, 0) is 52.4 Å². The number of nitrogens with zero attached hydrogens (tertiary/aromatic N) is 1. The third-order valence-corrected chi connectivity index (χ3v) is 4.36. The molecule has 1 rings (SSSR count). The minimum Gasteiger partial charge on any atom is -0.466 e. The van der Waals surface area contributed by atoms with E-state index in [0.717, 1.165) is 19.4 Å². The lowest BCUT2D eigenvalue weighted by atomic mass is 9.78. The molecule has 0 unspecified atom stereocenters. The van der Waals surface area contributed by atoms with Gasteiger partial charge in [-0.1, -0.05) is 13.8 Å². The molecule has 0 saturated heterocycles. The van der Waals surface area contributed by atoms with Crippen molar-refractivity contribution in [1.82, 2.24) is 4.90 Å². The Morgan fingerprint density at radius 1 is 1.29 bits per heavy atom. The number of hydrogen-bond donors (Lipinski definition) is 1. The van der Waals surface area contributed by atoms with Crippen molar-refractivity contribution in [3.8, 4) is 0 Å². The average Bonchev–Trinajstić information content (AvgIpc) is 2.38. The van der Waals surface area contributed by atoms with Crippen LogP contribution < -0.4 is 0 Å². The molecule has 0 aromatic rings. The highest BCUT2D eigenvalue weighted by molar-refractivity contribution is 5.72. The van der Waals surface area contributed by atoms with Crippen LogP contribution in [0.25, 0.3) is 0 Å². The van der Waals surface area contributed by atoms with Gasteiger partial charge in [0.15, 0.2) is 0 Å². The topological polar surface area (TPSA) is 49.8 Å². The number of carbonyl (C=O) groups excluding carboxylic acids is 1. The standard InChI is InChI=1S/C17H33NO3/c1-6-21-16(19)15-7-9-17(20,10-8-15)12-18(14(4)5)11-13(2)3/h13-15,20H,6-12H2,1-5H3. The lowest BCUT2D eigenvalue weighted by Gasteiger charge is -2.40. The third-order valence-electron chi connectivity index (χ3n) is 4.36. The van der Waals surface area contributed by atoms with Crippen molar-refractivity contribution in [2.24, 2.45) is 11.8 Å². The molecule has 1 N–H and O–H groups in total. The maximum atomic E-state index is 11.8. The first-order chi connectivity index (χ1) is 9.77. The van der Waals surface area contributed by atoms with Crippen LogP contribution in [0.3, 0.4) is 0 Å². The van der Waals surface area contributed by atoms with Crippen molar-refractivity contribution in [3.63, 3.8) is 0 Å². The molecule has 0 radical (unpaired) electrons. The molecule has 1 saturated carbocycles. The zero-order valence-electron chi connectivity index (χ0n) is 14.4. The van der Waals surface area contributed by atoms with Crippen molar-refractivity contribution in [2.75, 3.05) is 19.7 Å². The Labute approximate surface area is 129 Å². The Morgan fingerprint density at radius 2 is 1.86 bits per heavy atom. The Kier molecular flexibility index (Phi) is 7.14. The third kappa shape index (κ3) is 5.95. The summed E-state index contributed by atoms with van der Waals surface area (Å²) < 4.78 is 5.09. The lowest BCUT2D eigenvalue weighted by Crippen LogP contribution is -2.49. The molecule has 0 bridgehead atoms. The van der Waals surface area contributed by atoms with Crippen molar-refractivity contribution >= 4 is 5.97 Å². The Balaban J connectivity index is 2.54. The van der Waals surface area contributed by atoms with Crippen LogP contribution >= 0.6 is 0 Å². The van der Waals surface area contributed by atoms with Gasteiger partial charge in [0.1, 0.15) is 0 Å². The largest absolute Gasteiger partial charge is 0.466 e. The predicted octanol–water partition coefficient (Wildman–Crippen LogP) is 2.84. The average molecular weight is 299 g/mol. The van der Waals surface area contributed by atoms with E-state index in [1.54, 1.807) is 0 Å². The molecule has 0 amide bonds. The maximum Gasteiger partial charge on any atom is 0.308 e. The van der Waals surface area contributed by atoms with E-state index in [2.05, 4.69) is 32.6 Å². The van der Waals surface area contributed by atoms with Gasteiger partial charge in [-0.15, -0.1) is 0 Å². The number of carbonyl (C=O) groups is 1. The molecule has 0 aromatic heterocycles. The first-order valence-corrected chi connectivity index (χ1v) is 8.40. The maximum absolute atomic E-state index is 11.8. The highest BCUT2D eigenvalue weighted by Crippen LogP contribution is 2.34. The van der Waals surface area contributed by atoms with Crippen LogP contribution in [0.5, 0.6) is 0 Å². The highest BCUT2D eigenvalue weighted by atomic mass is 16.5. The van der Waals surface area contributed by atoms with E-state index in [1.165, 1.54) is 0 Å². The second-order valence-electron chi connectivity index (χ2n) is 7.17. The monoisotopic (exact) mass is 299 g/mol. The summed E-state index contributed by atoms with van der Waals surface area (Å²) in [5.41, 5.74) is -0.651. The SMILES string of the molecule is CCOC(=O)C1CCC(O)(CN(CC(C)C)C(C)C)CC1. The zero-order chi connectivity index (χ0) is 16.0. The van der Waals surface area contributed by atoms with Gasteiger partial charge in [0.2, 0.25) is 0 Å². The molecule has 1 fully saturated rings. The fraction of sp³-hybridized carbons (Fsp3) is 0.941. The summed E-state index contributed by atoms with van der Waals surface area (Å²) in [4.78, 5) is 14.1. The molecule has 1 aliphatic carbocycles. The van der Waals surface area contributed by atoms with Crippen LogP contribution in [0.15, 0.2) is 0 Å². The highest BCUT2D eigenvalue weighted by Gasteiger charge is 2.38. The van der Waals surface area contributed by atoms with Crippen molar-refractivity contribution in [3.05, 3.63) is 0 Å². The molecule has 0 aromatic carbocycles. The van der Waals surface area contributed by atoms with Gasteiger partial charge in [-0.25, -0.2) is 0 Å². The zero-order valence-corrected chi connectivity index (χ0v) is 14.4.